The van der Waals surface area contributed by atoms with Crippen molar-refractivity contribution in [2.24, 2.45) is 0 Å². The van der Waals surface area contributed by atoms with E-state index in [0.717, 1.165) is 16.7 Å². The molecule has 0 fully saturated rings. The van der Waals surface area contributed by atoms with Gasteiger partial charge < -0.3 is 10.1 Å². The van der Waals surface area contributed by atoms with E-state index in [1.165, 1.54) is 0 Å². The fourth-order valence-corrected chi connectivity index (χ4v) is 2.64. The van der Waals surface area contributed by atoms with Crippen molar-refractivity contribution in [2.75, 3.05) is 13.7 Å². The molecule has 0 aromatic heterocycles. The van der Waals surface area contributed by atoms with Crippen LogP contribution in [0.2, 0.25) is 5.02 Å². The second-order valence-corrected chi connectivity index (χ2v) is 6.32. The minimum Gasteiger partial charge on any atom is -0.372 e. The number of halogens is 1. The van der Waals surface area contributed by atoms with Crippen LogP contribution in [0.15, 0.2) is 48.5 Å². The number of aryl methyl sites for hydroxylation is 1. The van der Waals surface area contributed by atoms with Crippen molar-refractivity contribution in [1.82, 2.24) is 5.32 Å². The molecule has 2 rings (SSSR count). The van der Waals surface area contributed by atoms with Crippen LogP contribution in [-0.4, -0.2) is 19.6 Å². The van der Waals surface area contributed by atoms with E-state index in [9.17, 15) is 4.79 Å². The highest BCUT2D eigenvalue weighted by atomic mass is 35.5. The van der Waals surface area contributed by atoms with Gasteiger partial charge in [-0.15, -0.1) is 0 Å². The number of methoxy groups -OCH3 is 1. The van der Waals surface area contributed by atoms with E-state index in [4.69, 9.17) is 16.3 Å². The lowest BCUT2D eigenvalue weighted by Crippen LogP contribution is -2.40. The van der Waals surface area contributed by atoms with Gasteiger partial charge in [0.15, 0.2) is 0 Å². The monoisotopic (exact) mass is 331 g/mol. The largest absolute Gasteiger partial charge is 0.372 e. The van der Waals surface area contributed by atoms with Gasteiger partial charge in [-0.1, -0.05) is 53.6 Å². The molecule has 1 amide bonds. The molecule has 1 atom stereocenters. The molecule has 0 saturated heterocycles. The zero-order valence-corrected chi connectivity index (χ0v) is 14.5. The first-order valence-corrected chi connectivity index (χ1v) is 7.94. The SMILES string of the molecule is COC(C)(CNC(=O)Cc1cccc(C)c1)c1cccc(Cl)c1. The number of ether oxygens (including phenoxy) is 1. The van der Waals surface area contributed by atoms with Gasteiger partial charge in [-0.3, -0.25) is 4.79 Å². The van der Waals surface area contributed by atoms with Gasteiger partial charge in [0.2, 0.25) is 5.91 Å². The molecule has 122 valence electrons. The Morgan fingerprint density at radius 1 is 1.22 bits per heavy atom. The number of rotatable bonds is 6. The molecule has 1 unspecified atom stereocenters. The first-order valence-electron chi connectivity index (χ1n) is 7.56. The molecule has 1 N–H and O–H groups in total. The summed E-state index contributed by atoms with van der Waals surface area (Å²) in [4.78, 5) is 12.2. The summed E-state index contributed by atoms with van der Waals surface area (Å²) in [6.45, 7) is 4.34. The minimum absolute atomic E-state index is 0.0269. The lowest BCUT2D eigenvalue weighted by molar-refractivity contribution is -0.122. The van der Waals surface area contributed by atoms with Gasteiger partial charge in [-0.25, -0.2) is 0 Å². The molecule has 0 spiro atoms. The second-order valence-electron chi connectivity index (χ2n) is 5.89. The van der Waals surface area contributed by atoms with Crippen molar-refractivity contribution in [1.29, 1.82) is 0 Å². The van der Waals surface area contributed by atoms with Crippen LogP contribution < -0.4 is 5.32 Å². The van der Waals surface area contributed by atoms with E-state index in [0.29, 0.717) is 18.0 Å². The Morgan fingerprint density at radius 2 is 1.96 bits per heavy atom. The van der Waals surface area contributed by atoms with Crippen molar-refractivity contribution in [3.63, 3.8) is 0 Å². The average Bonchev–Trinajstić information content (AvgIpc) is 2.52. The Labute approximate surface area is 142 Å². The summed E-state index contributed by atoms with van der Waals surface area (Å²) in [6, 6.07) is 15.5. The zero-order chi connectivity index (χ0) is 16.9. The van der Waals surface area contributed by atoms with Crippen LogP contribution in [0.4, 0.5) is 0 Å². The molecular weight excluding hydrogens is 310 g/mol. The van der Waals surface area contributed by atoms with Gasteiger partial charge in [0.05, 0.1) is 13.0 Å². The molecule has 4 heteroatoms. The topological polar surface area (TPSA) is 38.3 Å². The van der Waals surface area contributed by atoms with Crippen molar-refractivity contribution in [2.45, 2.75) is 25.9 Å². The fourth-order valence-electron chi connectivity index (χ4n) is 2.45. The molecule has 0 bridgehead atoms. The standard InChI is InChI=1S/C19H22ClNO2/c1-14-6-4-7-15(10-14)11-18(22)21-13-19(2,23-3)16-8-5-9-17(20)12-16/h4-10,12H,11,13H2,1-3H3,(H,21,22). The summed E-state index contributed by atoms with van der Waals surface area (Å²) >= 11 is 6.05. The van der Waals surface area contributed by atoms with E-state index < -0.39 is 5.60 Å². The van der Waals surface area contributed by atoms with E-state index in [2.05, 4.69) is 5.32 Å². The lowest BCUT2D eigenvalue weighted by Gasteiger charge is -2.29. The molecule has 0 aliphatic heterocycles. The molecule has 0 radical (unpaired) electrons. The van der Waals surface area contributed by atoms with E-state index in [1.807, 2.05) is 62.4 Å². The molecular formula is C19H22ClNO2. The molecule has 2 aromatic rings. The summed E-state index contributed by atoms with van der Waals surface area (Å²) < 4.78 is 5.63. The normalized spacial score (nSPS) is 13.4. The number of benzene rings is 2. The smallest absolute Gasteiger partial charge is 0.224 e. The Bertz CT molecular complexity index is 687. The Balaban J connectivity index is 2.01. The summed E-state index contributed by atoms with van der Waals surface area (Å²) in [5.41, 5.74) is 2.47. The van der Waals surface area contributed by atoms with Gasteiger partial charge in [-0.05, 0) is 37.1 Å². The minimum atomic E-state index is -0.618. The summed E-state index contributed by atoms with van der Waals surface area (Å²) in [5, 5.41) is 3.60. The van der Waals surface area contributed by atoms with Gasteiger partial charge in [-0.2, -0.15) is 0 Å². The maximum absolute atomic E-state index is 12.2. The van der Waals surface area contributed by atoms with Crippen LogP contribution in [0.25, 0.3) is 0 Å². The van der Waals surface area contributed by atoms with E-state index >= 15 is 0 Å². The highest BCUT2D eigenvalue weighted by molar-refractivity contribution is 6.30. The molecule has 0 aliphatic carbocycles. The number of carbonyl (C=O) groups excluding carboxylic acids is 1. The first-order chi connectivity index (χ1) is 10.9. The third kappa shape index (κ3) is 4.81. The molecule has 0 aliphatic rings. The third-order valence-electron chi connectivity index (χ3n) is 3.96. The number of carbonyl (C=O) groups is 1. The lowest BCUT2D eigenvalue weighted by atomic mass is 9.95. The average molecular weight is 332 g/mol. The van der Waals surface area contributed by atoms with Crippen molar-refractivity contribution in [3.05, 3.63) is 70.2 Å². The van der Waals surface area contributed by atoms with Gasteiger partial charge >= 0.3 is 0 Å². The molecule has 0 saturated carbocycles. The van der Waals surface area contributed by atoms with Crippen LogP contribution >= 0.6 is 11.6 Å². The number of amides is 1. The Hall–Kier alpha value is -1.84. The predicted octanol–water partition coefficient (Wildman–Crippen LogP) is 3.87. The van der Waals surface area contributed by atoms with Crippen LogP contribution in [0, 0.1) is 6.92 Å². The van der Waals surface area contributed by atoms with Crippen LogP contribution in [0.5, 0.6) is 0 Å². The fraction of sp³-hybridized carbons (Fsp3) is 0.316. The van der Waals surface area contributed by atoms with Gasteiger partial charge in [0, 0.05) is 12.1 Å². The first kappa shape index (κ1) is 17.5. The molecule has 23 heavy (non-hydrogen) atoms. The number of nitrogens with one attached hydrogen (secondary N) is 1. The highest BCUT2D eigenvalue weighted by Crippen LogP contribution is 2.26. The third-order valence-corrected chi connectivity index (χ3v) is 4.19. The van der Waals surface area contributed by atoms with Crippen molar-refractivity contribution < 1.29 is 9.53 Å². The maximum atomic E-state index is 12.2. The molecule has 3 nitrogen and oxygen atoms in total. The van der Waals surface area contributed by atoms with Crippen LogP contribution in [0.1, 0.15) is 23.6 Å². The van der Waals surface area contributed by atoms with Gasteiger partial charge in [0.25, 0.3) is 0 Å². The number of hydrogen-bond acceptors (Lipinski definition) is 2. The van der Waals surface area contributed by atoms with E-state index in [1.54, 1.807) is 7.11 Å². The summed E-state index contributed by atoms with van der Waals surface area (Å²) in [5.74, 6) is -0.0269. The highest BCUT2D eigenvalue weighted by Gasteiger charge is 2.27. The molecule has 0 heterocycles. The Kier molecular flexibility index (Phi) is 5.80. The molecule has 2 aromatic carbocycles. The maximum Gasteiger partial charge on any atom is 0.224 e. The Morgan fingerprint density at radius 3 is 2.61 bits per heavy atom. The van der Waals surface area contributed by atoms with Gasteiger partial charge in [0.1, 0.15) is 5.60 Å². The summed E-state index contributed by atoms with van der Waals surface area (Å²) in [7, 11) is 1.63. The van der Waals surface area contributed by atoms with Crippen molar-refractivity contribution in [3.8, 4) is 0 Å². The van der Waals surface area contributed by atoms with Crippen LogP contribution in [0.3, 0.4) is 0 Å². The van der Waals surface area contributed by atoms with Crippen molar-refractivity contribution >= 4 is 17.5 Å². The summed E-state index contributed by atoms with van der Waals surface area (Å²) in [6.07, 6.45) is 0.358. The zero-order valence-electron chi connectivity index (χ0n) is 13.7. The number of hydrogen-bond donors (Lipinski definition) is 1. The van der Waals surface area contributed by atoms with E-state index in [-0.39, 0.29) is 5.91 Å². The van der Waals surface area contributed by atoms with Crippen LogP contribution in [-0.2, 0) is 21.6 Å². The quantitative estimate of drug-likeness (QED) is 0.872. The predicted molar refractivity (Wildman–Crippen MR) is 93.7 cm³/mol. The second kappa shape index (κ2) is 7.62.